The highest BCUT2D eigenvalue weighted by Crippen LogP contribution is 2.20. The molecule has 3 heterocycles. The molecule has 0 aliphatic rings. The van der Waals surface area contributed by atoms with Gasteiger partial charge in [0.1, 0.15) is 16.1 Å². The average molecular weight is 392 g/mol. The molecule has 0 aliphatic carbocycles. The van der Waals surface area contributed by atoms with Crippen LogP contribution in [0.1, 0.15) is 5.56 Å². The van der Waals surface area contributed by atoms with E-state index in [1.807, 2.05) is 26.2 Å². The van der Waals surface area contributed by atoms with E-state index in [9.17, 15) is 4.79 Å². The topological polar surface area (TPSA) is 96.8 Å². The van der Waals surface area contributed by atoms with Crippen LogP contribution < -0.4 is 16.2 Å². The van der Waals surface area contributed by atoms with Crippen LogP contribution in [0.5, 0.6) is 0 Å². The molecule has 0 saturated heterocycles. The first-order chi connectivity index (χ1) is 12.4. The largest absolute Gasteiger partial charge is 0.337 e. The summed E-state index contributed by atoms with van der Waals surface area (Å²) in [4.78, 5) is 20.3. The molecule has 0 radical (unpaired) electrons. The minimum atomic E-state index is -0.505. The lowest BCUT2D eigenvalue weighted by molar-refractivity contribution is 0.254. The number of hydrogen-bond acceptors (Lipinski definition) is 5. The van der Waals surface area contributed by atoms with Crippen molar-refractivity contribution < 1.29 is 4.79 Å². The Balaban J connectivity index is 1.67. The third-order valence-corrected chi connectivity index (χ3v) is 3.68. The molecule has 0 fully saturated rings. The number of rotatable bonds is 4. The third-order valence-electron chi connectivity index (χ3n) is 3.30. The van der Waals surface area contributed by atoms with Crippen molar-refractivity contribution >= 4 is 40.7 Å². The van der Waals surface area contributed by atoms with Crippen molar-refractivity contribution in [3.63, 3.8) is 0 Å². The highest BCUT2D eigenvalue weighted by atomic mass is 35.5. The number of hydrogen-bond donors (Lipinski definition) is 3. The van der Waals surface area contributed by atoms with Gasteiger partial charge in [0.25, 0.3) is 0 Å². The first kappa shape index (κ1) is 18.0. The number of nitrogens with one attached hydrogen (secondary N) is 3. The van der Waals surface area contributed by atoms with Gasteiger partial charge in [-0.3, -0.25) is 15.5 Å². The maximum atomic E-state index is 12.0. The number of aryl methyl sites for hydroxylation is 2. The highest BCUT2D eigenvalue weighted by molar-refractivity contribution is 6.32. The quantitative estimate of drug-likeness (QED) is 0.465. The van der Waals surface area contributed by atoms with Crippen molar-refractivity contribution in [2.45, 2.75) is 6.92 Å². The lowest BCUT2D eigenvalue weighted by Crippen LogP contribution is -2.34. The van der Waals surface area contributed by atoms with Crippen LogP contribution in [0.15, 0.2) is 36.7 Å². The second-order valence-corrected chi connectivity index (χ2v) is 6.30. The third kappa shape index (κ3) is 4.62. The molecule has 10 heteroatoms. The van der Waals surface area contributed by atoms with Crippen LogP contribution in [0.3, 0.4) is 0 Å². The standard InChI is InChI=1S/C16H15Cl2N7O/c1-9-3-12(10-7-19-25(2)8-10)21-15(4-9)23-24-16(26)20-11-5-13(17)22-14(18)6-11/h3-8H,1-2H3,(H,21,23)(H2,20,22,24,26). The molecule has 0 spiro atoms. The zero-order chi connectivity index (χ0) is 18.7. The van der Waals surface area contributed by atoms with Gasteiger partial charge in [0.2, 0.25) is 0 Å². The predicted molar refractivity (Wildman–Crippen MR) is 101 cm³/mol. The van der Waals surface area contributed by atoms with Crippen molar-refractivity contribution in [3.8, 4) is 11.3 Å². The highest BCUT2D eigenvalue weighted by Gasteiger charge is 2.08. The van der Waals surface area contributed by atoms with Gasteiger partial charge in [-0.15, -0.1) is 0 Å². The lowest BCUT2D eigenvalue weighted by atomic mass is 10.2. The van der Waals surface area contributed by atoms with Gasteiger partial charge in [0.15, 0.2) is 0 Å². The Bertz CT molecular complexity index is 937. The van der Waals surface area contributed by atoms with Gasteiger partial charge in [0, 0.05) is 24.5 Å². The molecule has 0 aromatic carbocycles. The van der Waals surface area contributed by atoms with Crippen LogP contribution in [-0.2, 0) is 7.05 Å². The van der Waals surface area contributed by atoms with Gasteiger partial charge in [-0.1, -0.05) is 23.2 Å². The fourth-order valence-electron chi connectivity index (χ4n) is 2.25. The number of nitrogens with zero attached hydrogens (tertiary/aromatic N) is 4. The summed E-state index contributed by atoms with van der Waals surface area (Å²) in [6.45, 7) is 1.94. The number of pyridine rings is 2. The number of carbonyl (C=O) groups is 1. The summed E-state index contributed by atoms with van der Waals surface area (Å²) in [6.07, 6.45) is 3.59. The molecule has 3 N–H and O–H groups in total. The van der Waals surface area contributed by atoms with E-state index in [0.29, 0.717) is 11.5 Å². The van der Waals surface area contributed by atoms with Crippen molar-refractivity contribution in [2.24, 2.45) is 7.05 Å². The van der Waals surface area contributed by atoms with Crippen LogP contribution in [0.25, 0.3) is 11.3 Å². The summed E-state index contributed by atoms with van der Waals surface area (Å²) < 4.78 is 1.70. The van der Waals surface area contributed by atoms with Crippen molar-refractivity contribution in [1.82, 2.24) is 25.2 Å². The minimum Gasteiger partial charge on any atom is -0.306 e. The second kappa shape index (κ2) is 7.59. The molecule has 0 atom stereocenters. The Kier molecular flexibility index (Phi) is 5.24. The average Bonchev–Trinajstić information content (AvgIpc) is 2.98. The summed E-state index contributed by atoms with van der Waals surface area (Å²) >= 11 is 11.6. The molecule has 3 aromatic heterocycles. The van der Waals surface area contributed by atoms with E-state index in [1.165, 1.54) is 12.1 Å². The predicted octanol–water partition coefficient (Wildman–Crippen LogP) is 3.64. The normalized spacial score (nSPS) is 10.5. The van der Waals surface area contributed by atoms with Crippen LogP contribution in [0, 0.1) is 6.92 Å². The molecule has 134 valence electrons. The SMILES string of the molecule is Cc1cc(NNC(=O)Nc2cc(Cl)nc(Cl)c2)nc(-c2cnn(C)c2)c1. The van der Waals surface area contributed by atoms with E-state index >= 15 is 0 Å². The monoisotopic (exact) mass is 391 g/mol. The summed E-state index contributed by atoms with van der Waals surface area (Å²) in [5.41, 5.74) is 8.30. The molecule has 8 nitrogen and oxygen atoms in total. The van der Waals surface area contributed by atoms with E-state index < -0.39 is 6.03 Å². The molecular formula is C16H15Cl2N7O. The maximum Gasteiger partial charge on any atom is 0.337 e. The summed E-state index contributed by atoms with van der Waals surface area (Å²) in [6, 6.07) is 6.20. The lowest BCUT2D eigenvalue weighted by Gasteiger charge is -2.11. The van der Waals surface area contributed by atoms with Gasteiger partial charge < -0.3 is 5.32 Å². The number of anilines is 2. The van der Waals surface area contributed by atoms with E-state index in [-0.39, 0.29) is 10.3 Å². The number of amides is 2. The molecule has 3 aromatic rings. The first-order valence-corrected chi connectivity index (χ1v) is 8.28. The van der Waals surface area contributed by atoms with Crippen molar-refractivity contribution in [2.75, 3.05) is 10.7 Å². The van der Waals surface area contributed by atoms with Crippen LogP contribution in [0.2, 0.25) is 10.3 Å². The van der Waals surface area contributed by atoms with Gasteiger partial charge in [-0.25, -0.2) is 14.8 Å². The van der Waals surface area contributed by atoms with Crippen molar-refractivity contribution in [3.05, 3.63) is 52.5 Å². The fraction of sp³-hybridized carbons (Fsp3) is 0.125. The fourth-order valence-corrected chi connectivity index (χ4v) is 2.71. The molecule has 0 saturated carbocycles. The molecule has 0 bridgehead atoms. The molecule has 0 aliphatic heterocycles. The van der Waals surface area contributed by atoms with Gasteiger partial charge in [-0.05, 0) is 36.8 Å². The molecule has 3 rings (SSSR count). The number of hydrazine groups is 1. The maximum absolute atomic E-state index is 12.0. The van der Waals surface area contributed by atoms with E-state index in [0.717, 1.165) is 16.8 Å². The zero-order valence-corrected chi connectivity index (χ0v) is 15.4. The Morgan fingerprint density at radius 2 is 1.85 bits per heavy atom. The minimum absolute atomic E-state index is 0.183. The number of urea groups is 1. The first-order valence-electron chi connectivity index (χ1n) is 7.53. The number of aromatic nitrogens is 4. The van der Waals surface area contributed by atoms with Crippen LogP contribution in [-0.4, -0.2) is 25.8 Å². The summed E-state index contributed by atoms with van der Waals surface area (Å²) in [5, 5.41) is 7.10. The Hall–Kier alpha value is -2.84. The van der Waals surface area contributed by atoms with Gasteiger partial charge >= 0.3 is 6.03 Å². The summed E-state index contributed by atoms with van der Waals surface area (Å²) in [5.74, 6) is 0.491. The Morgan fingerprint density at radius 1 is 1.12 bits per heavy atom. The van der Waals surface area contributed by atoms with E-state index in [4.69, 9.17) is 23.2 Å². The van der Waals surface area contributed by atoms with Gasteiger partial charge in [0.05, 0.1) is 11.9 Å². The van der Waals surface area contributed by atoms with Crippen molar-refractivity contribution in [1.29, 1.82) is 0 Å². The summed E-state index contributed by atoms with van der Waals surface area (Å²) in [7, 11) is 1.84. The van der Waals surface area contributed by atoms with E-state index in [2.05, 4.69) is 31.2 Å². The van der Waals surface area contributed by atoms with Crippen LogP contribution >= 0.6 is 23.2 Å². The molecule has 2 amide bonds. The second-order valence-electron chi connectivity index (χ2n) is 5.52. The van der Waals surface area contributed by atoms with Gasteiger partial charge in [-0.2, -0.15) is 5.10 Å². The molecule has 0 unspecified atom stereocenters. The zero-order valence-electron chi connectivity index (χ0n) is 13.9. The molecule has 26 heavy (non-hydrogen) atoms. The van der Waals surface area contributed by atoms with Crippen LogP contribution in [0.4, 0.5) is 16.3 Å². The Labute approximate surface area is 159 Å². The number of halogens is 2. The van der Waals surface area contributed by atoms with E-state index in [1.54, 1.807) is 16.9 Å². The number of carbonyl (C=O) groups excluding carboxylic acids is 1. The molecular weight excluding hydrogens is 377 g/mol. The Morgan fingerprint density at radius 3 is 2.50 bits per heavy atom. The smallest absolute Gasteiger partial charge is 0.306 e.